The summed E-state index contributed by atoms with van der Waals surface area (Å²) in [5.74, 6) is 0. The topological polar surface area (TPSA) is 57.2 Å². The fourth-order valence-electron chi connectivity index (χ4n) is 3.25. The van der Waals surface area contributed by atoms with Crippen molar-refractivity contribution in [1.29, 1.82) is 0 Å². The van der Waals surface area contributed by atoms with Crippen LogP contribution in [0.15, 0.2) is 71.6 Å². The van der Waals surface area contributed by atoms with Gasteiger partial charge in [0.2, 0.25) is 0 Å². The first-order valence-corrected chi connectivity index (χ1v) is 9.22. The fraction of sp³-hybridized carbons (Fsp3) is 0.200. The number of fused-ring (bicyclic) bond motifs is 1. The van der Waals surface area contributed by atoms with Crippen LogP contribution in [0.5, 0.6) is 0 Å². The molecule has 0 fully saturated rings. The molecule has 0 spiro atoms. The van der Waals surface area contributed by atoms with Crippen molar-refractivity contribution in [2.45, 2.75) is 30.6 Å². The van der Waals surface area contributed by atoms with E-state index < -0.39 is 15.5 Å². The molecule has 0 amide bonds. The minimum Gasteiger partial charge on any atom is -0.744 e. The van der Waals surface area contributed by atoms with E-state index in [1.54, 1.807) is 18.2 Å². The fourth-order valence-corrected chi connectivity index (χ4v) is 4.32. The Bertz CT molecular complexity index is 980. The van der Waals surface area contributed by atoms with Gasteiger partial charge in [0.05, 0.1) is 4.90 Å². The van der Waals surface area contributed by atoms with E-state index in [1.807, 2.05) is 62.4 Å². The summed E-state index contributed by atoms with van der Waals surface area (Å²) in [5.41, 5.74) is 1.18. The summed E-state index contributed by atoms with van der Waals surface area (Å²) in [5, 5.41) is 1.25. The molecule has 0 aliphatic heterocycles. The van der Waals surface area contributed by atoms with Gasteiger partial charge in [-0.1, -0.05) is 80.6 Å². The zero-order chi connectivity index (χ0) is 17.4. The van der Waals surface area contributed by atoms with Crippen LogP contribution in [0.4, 0.5) is 0 Å². The van der Waals surface area contributed by atoms with Crippen molar-refractivity contribution >= 4 is 20.9 Å². The van der Waals surface area contributed by atoms with E-state index in [1.165, 1.54) is 0 Å². The van der Waals surface area contributed by atoms with Crippen LogP contribution in [0.2, 0.25) is 0 Å². The molecule has 3 rings (SSSR count). The molecule has 0 saturated carbocycles. The van der Waals surface area contributed by atoms with Crippen LogP contribution >= 0.6 is 0 Å². The van der Waals surface area contributed by atoms with Gasteiger partial charge in [0.25, 0.3) is 0 Å². The maximum absolute atomic E-state index is 12.0. The van der Waals surface area contributed by atoms with Gasteiger partial charge in [-0.05, 0) is 33.7 Å². The van der Waals surface area contributed by atoms with Crippen LogP contribution < -0.4 is 29.6 Å². The molecule has 0 aliphatic rings. The van der Waals surface area contributed by atoms with Gasteiger partial charge in [0.1, 0.15) is 10.1 Å². The first-order chi connectivity index (χ1) is 11.3. The molecule has 0 heterocycles. The van der Waals surface area contributed by atoms with Gasteiger partial charge in [-0.25, -0.2) is 8.42 Å². The van der Waals surface area contributed by atoms with Crippen LogP contribution in [0.1, 0.15) is 25.0 Å². The van der Waals surface area contributed by atoms with Gasteiger partial charge >= 0.3 is 29.6 Å². The molecule has 0 saturated heterocycles. The predicted octanol–water partition coefficient (Wildman–Crippen LogP) is 1.27. The van der Waals surface area contributed by atoms with E-state index in [0.29, 0.717) is 17.4 Å². The molecule has 0 unspecified atom stereocenters. The normalized spacial score (nSPS) is 12.0. The van der Waals surface area contributed by atoms with E-state index in [0.717, 1.165) is 10.9 Å². The molecule has 3 aromatic carbocycles. The maximum Gasteiger partial charge on any atom is 1.00 e. The average molecular weight is 362 g/mol. The van der Waals surface area contributed by atoms with Crippen LogP contribution in [0.25, 0.3) is 10.8 Å². The average Bonchev–Trinajstić information content (AvgIpc) is 2.53. The van der Waals surface area contributed by atoms with Gasteiger partial charge < -0.3 is 4.55 Å². The van der Waals surface area contributed by atoms with Crippen molar-refractivity contribution < 1.29 is 42.5 Å². The zero-order valence-corrected chi connectivity index (χ0v) is 17.5. The summed E-state index contributed by atoms with van der Waals surface area (Å²) >= 11 is 0. The number of benzene rings is 3. The zero-order valence-electron chi connectivity index (χ0n) is 14.7. The van der Waals surface area contributed by atoms with Gasteiger partial charge in [-0.3, -0.25) is 0 Å². The van der Waals surface area contributed by atoms with Crippen LogP contribution in [0.3, 0.4) is 0 Å². The summed E-state index contributed by atoms with van der Waals surface area (Å²) in [6.07, 6.45) is 0.648. The molecule has 3 nitrogen and oxygen atoms in total. The molecule has 0 aromatic heterocycles. The Morgan fingerprint density at radius 3 is 2.12 bits per heavy atom. The number of hydrogen-bond donors (Lipinski definition) is 0. The maximum atomic E-state index is 12.0. The van der Waals surface area contributed by atoms with Crippen LogP contribution in [0, 0.1) is 0 Å². The quantitative estimate of drug-likeness (QED) is 0.519. The minimum atomic E-state index is -4.59. The molecule has 3 aromatic rings. The predicted molar refractivity (Wildman–Crippen MR) is 95.1 cm³/mol. The molecular formula is C20H19NaO3S. The molecule has 5 heteroatoms. The van der Waals surface area contributed by atoms with Gasteiger partial charge in [0, 0.05) is 0 Å². The van der Waals surface area contributed by atoms with Crippen LogP contribution in [-0.4, -0.2) is 13.0 Å². The third-order valence-corrected chi connectivity index (χ3v) is 5.29. The third-order valence-electron chi connectivity index (χ3n) is 4.35. The Morgan fingerprint density at radius 2 is 1.48 bits per heavy atom. The Hall–Kier alpha value is -1.17. The van der Waals surface area contributed by atoms with E-state index >= 15 is 0 Å². The molecule has 0 bridgehead atoms. The van der Waals surface area contributed by atoms with E-state index in [-0.39, 0.29) is 34.5 Å². The van der Waals surface area contributed by atoms with Crippen molar-refractivity contribution in [3.63, 3.8) is 0 Å². The summed E-state index contributed by atoms with van der Waals surface area (Å²) < 4.78 is 36.0. The molecule has 25 heavy (non-hydrogen) atoms. The molecular weight excluding hydrogens is 343 g/mol. The van der Waals surface area contributed by atoms with Gasteiger partial charge in [-0.2, -0.15) is 0 Å². The largest absolute Gasteiger partial charge is 1.00 e. The van der Waals surface area contributed by atoms with Gasteiger partial charge in [-0.15, -0.1) is 0 Å². The van der Waals surface area contributed by atoms with Crippen molar-refractivity contribution in [3.05, 3.63) is 77.9 Å². The Labute approximate surface area is 171 Å². The molecule has 124 valence electrons. The SMILES string of the molecule is CC(C)(Cc1ccccc1)c1ccc2ccccc2c1S(=O)(=O)[O-].[Na+]. The standard InChI is InChI=1S/C20H20O3S.Na/c1-20(2,14-15-8-4-3-5-9-15)18-13-12-16-10-6-7-11-17(16)19(18)24(21,22)23;/h3-13H,14H2,1-2H3,(H,21,22,23);/q;+1/p-1. The van der Waals surface area contributed by atoms with Crippen molar-refractivity contribution in [3.8, 4) is 0 Å². The van der Waals surface area contributed by atoms with Gasteiger partial charge in [0.15, 0.2) is 0 Å². The Kier molecular flexibility index (Phi) is 6.13. The van der Waals surface area contributed by atoms with E-state index in [4.69, 9.17) is 0 Å². The second-order valence-electron chi connectivity index (χ2n) is 6.66. The van der Waals surface area contributed by atoms with Crippen molar-refractivity contribution in [2.75, 3.05) is 0 Å². The Balaban J connectivity index is 0.00000225. The molecule has 0 N–H and O–H groups in total. The number of hydrogen-bond acceptors (Lipinski definition) is 3. The first kappa shape index (κ1) is 20.1. The van der Waals surface area contributed by atoms with E-state index in [9.17, 15) is 13.0 Å². The second-order valence-corrected chi connectivity index (χ2v) is 7.98. The van der Waals surface area contributed by atoms with Crippen LogP contribution in [-0.2, 0) is 22.0 Å². The number of rotatable bonds is 4. The minimum absolute atomic E-state index is 0. The molecule has 0 aliphatic carbocycles. The molecule has 0 atom stereocenters. The van der Waals surface area contributed by atoms with Crippen molar-refractivity contribution in [2.24, 2.45) is 0 Å². The summed E-state index contributed by atoms with van der Waals surface area (Å²) in [4.78, 5) is -0.0958. The van der Waals surface area contributed by atoms with Crippen molar-refractivity contribution in [1.82, 2.24) is 0 Å². The Morgan fingerprint density at radius 1 is 0.880 bits per heavy atom. The summed E-state index contributed by atoms with van der Waals surface area (Å²) in [7, 11) is -4.59. The third kappa shape index (κ3) is 4.33. The molecule has 0 radical (unpaired) electrons. The second kappa shape index (κ2) is 7.60. The first-order valence-electron chi connectivity index (χ1n) is 7.81. The summed E-state index contributed by atoms with van der Waals surface area (Å²) in [6, 6.07) is 20.6. The summed E-state index contributed by atoms with van der Waals surface area (Å²) in [6.45, 7) is 3.94. The smallest absolute Gasteiger partial charge is 0.744 e. The monoisotopic (exact) mass is 362 g/mol. The van der Waals surface area contributed by atoms with E-state index in [2.05, 4.69) is 0 Å².